The summed E-state index contributed by atoms with van der Waals surface area (Å²) in [6, 6.07) is 8.92. The highest BCUT2D eigenvalue weighted by atomic mass is 35.5. The molecule has 0 aliphatic carbocycles. The van der Waals surface area contributed by atoms with Gasteiger partial charge in [0, 0.05) is 37.3 Å². The lowest BCUT2D eigenvalue weighted by Crippen LogP contribution is -2.33. The van der Waals surface area contributed by atoms with E-state index in [2.05, 4.69) is 9.55 Å². The zero-order chi connectivity index (χ0) is 18.1. The van der Waals surface area contributed by atoms with E-state index in [0.29, 0.717) is 17.3 Å². The number of fused-ring (bicyclic) bond motifs is 1. The van der Waals surface area contributed by atoms with Crippen molar-refractivity contribution < 1.29 is 9.53 Å². The van der Waals surface area contributed by atoms with Crippen LogP contribution in [0.2, 0.25) is 5.02 Å². The van der Waals surface area contributed by atoms with E-state index in [4.69, 9.17) is 21.3 Å². The molecule has 3 heterocycles. The fraction of sp³-hybridized carbons (Fsp3) is 0.316. The van der Waals surface area contributed by atoms with Crippen LogP contribution in [0.15, 0.2) is 42.7 Å². The number of pyridine rings is 1. The number of benzene rings is 1. The molecule has 0 radical (unpaired) electrons. The molecule has 6 nitrogen and oxygen atoms in total. The summed E-state index contributed by atoms with van der Waals surface area (Å²) in [5.41, 5.74) is 1.95. The van der Waals surface area contributed by atoms with Gasteiger partial charge in [0.15, 0.2) is 6.61 Å². The maximum atomic E-state index is 12.5. The molecule has 1 amide bonds. The van der Waals surface area contributed by atoms with Crippen molar-refractivity contribution in [2.75, 3.05) is 19.7 Å². The van der Waals surface area contributed by atoms with Gasteiger partial charge in [-0.15, -0.1) is 0 Å². The van der Waals surface area contributed by atoms with Gasteiger partial charge in [-0.05, 0) is 36.8 Å². The highest BCUT2D eigenvalue weighted by molar-refractivity contribution is 6.30. The van der Waals surface area contributed by atoms with Gasteiger partial charge in [-0.3, -0.25) is 9.78 Å². The van der Waals surface area contributed by atoms with Crippen LogP contribution in [0.5, 0.6) is 5.75 Å². The quantitative estimate of drug-likeness (QED) is 0.708. The van der Waals surface area contributed by atoms with Crippen molar-refractivity contribution in [3.63, 3.8) is 0 Å². The predicted molar refractivity (Wildman–Crippen MR) is 99.4 cm³/mol. The summed E-state index contributed by atoms with van der Waals surface area (Å²) in [4.78, 5) is 23.2. The number of nitrogens with zero attached hydrogens (tertiary/aromatic N) is 4. The van der Waals surface area contributed by atoms with Crippen LogP contribution in [0.25, 0.3) is 11.0 Å². The number of carbonyl (C=O) groups is 1. The molecular formula is C19H19ClN4O2. The zero-order valence-electron chi connectivity index (χ0n) is 14.4. The average Bonchev–Trinajstić information content (AvgIpc) is 3.26. The lowest BCUT2D eigenvalue weighted by Gasteiger charge is -2.17. The third-order valence-corrected chi connectivity index (χ3v) is 5.05. The van der Waals surface area contributed by atoms with Gasteiger partial charge < -0.3 is 14.2 Å². The van der Waals surface area contributed by atoms with Crippen LogP contribution < -0.4 is 4.74 Å². The minimum atomic E-state index is -0.0112. The van der Waals surface area contributed by atoms with E-state index < -0.39 is 0 Å². The summed E-state index contributed by atoms with van der Waals surface area (Å²) in [6.45, 7) is 1.41. The van der Waals surface area contributed by atoms with Crippen molar-refractivity contribution in [2.24, 2.45) is 7.05 Å². The van der Waals surface area contributed by atoms with Crippen LogP contribution in [-0.4, -0.2) is 45.0 Å². The van der Waals surface area contributed by atoms with Gasteiger partial charge in [-0.1, -0.05) is 11.6 Å². The molecule has 134 valence electrons. The molecule has 0 N–H and O–H groups in total. The topological polar surface area (TPSA) is 60.2 Å². The summed E-state index contributed by atoms with van der Waals surface area (Å²) >= 11 is 5.85. The largest absolute Gasteiger partial charge is 0.484 e. The molecule has 0 saturated carbocycles. The fourth-order valence-corrected chi connectivity index (χ4v) is 3.51. The Balaban J connectivity index is 1.40. The molecule has 1 aromatic carbocycles. The van der Waals surface area contributed by atoms with Crippen LogP contribution in [0.1, 0.15) is 18.2 Å². The normalized spacial score (nSPS) is 17.0. The van der Waals surface area contributed by atoms with Crippen LogP contribution in [-0.2, 0) is 11.8 Å². The summed E-state index contributed by atoms with van der Waals surface area (Å²) in [7, 11) is 2.00. The van der Waals surface area contributed by atoms with Gasteiger partial charge >= 0.3 is 0 Å². The van der Waals surface area contributed by atoms with Crippen molar-refractivity contribution >= 4 is 28.5 Å². The molecule has 3 aromatic rings. The van der Waals surface area contributed by atoms with Crippen LogP contribution in [0.4, 0.5) is 0 Å². The second-order valence-electron chi connectivity index (χ2n) is 6.46. The first kappa shape index (κ1) is 16.8. The molecule has 1 saturated heterocycles. The molecule has 4 rings (SSSR count). The van der Waals surface area contributed by atoms with Gasteiger partial charge in [0.2, 0.25) is 0 Å². The molecule has 1 aliphatic rings. The van der Waals surface area contributed by atoms with E-state index in [1.807, 2.05) is 24.2 Å². The van der Waals surface area contributed by atoms with Crippen molar-refractivity contribution in [1.82, 2.24) is 19.4 Å². The van der Waals surface area contributed by atoms with Crippen molar-refractivity contribution in [1.29, 1.82) is 0 Å². The third-order valence-electron chi connectivity index (χ3n) is 4.80. The van der Waals surface area contributed by atoms with Gasteiger partial charge in [0.1, 0.15) is 11.6 Å². The molecule has 0 unspecified atom stereocenters. The molecule has 7 heteroatoms. The molecule has 2 aromatic heterocycles. The van der Waals surface area contributed by atoms with Gasteiger partial charge in [-0.25, -0.2) is 4.98 Å². The first-order valence-corrected chi connectivity index (χ1v) is 8.92. The Hall–Kier alpha value is -2.60. The number of aryl methyl sites for hydroxylation is 1. The number of rotatable bonds is 4. The van der Waals surface area contributed by atoms with Crippen molar-refractivity contribution in [2.45, 2.75) is 12.3 Å². The van der Waals surface area contributed by atoms with Gasteiger partial charge in [-0.2, -0.15) is 0 Å². The van der Waals surface area contributed by atoms with E-state index in [9.17, 15) is 4.79 Å². The Morgan fingerprint density at radius 1 is 1.31 bits per heavy atom. The first-order chi connectivity index (χ1) is 12.6. The number of carbonyl (C=O) groups excluding carboxylic acids is 1. The Morgan fingerprint density at radius 2 is 2.12 bits per heavy atom. The minimum Gasteiger partial charge on any atom is -0.484 e. The van der Waals surface area contributed by atoms with Crippen LogP contribution >= 0.6 is 11.6 Å². The lowest BCUT2D eigenvalue weighted by atomic mass is 10.1. The number of hydrogen-bond acceptors (Lipinski definition) is 4. The van der Waals surface area contributed by atoms with Gasteiger partial charge in [0.05, 0.1) is 17.2 Å². The minimum absolute atomic E-state index is 0.0112. The molecular weight excluding hydrogens is 352 g/mol. The molecule has 0 bridgehead atoms. The highest BCUT2D eigenvalue weighted by Crippen LogP contribution is 2.28. The second kappa shape index (κ2) is 6.96. The number of amides is 1. The summed E-state index contributed by atoms with van der Waals surface area (Å²) in [5.74, 6) is 1.86. The number of likely N-dealkylation sites (tertiary alicyclic amines) is 1. The number of hydrogen-bond donors (Lipinski definition) is 0. The van der Waals surface area contributed by atoms with E-state index in [1.165, 1.54) is 0 Å². The van der Waals surface area contributed by atoms with Crippen molar-refractivity contribution in [3.8, 4) is 5.75 Å². The lowest BCUT2D eigenvalue weighted by molar-refractivity contribution is -0.132. The monoisotopic (exact) mass is 370 g/mol. The smallest absolute Gasteiger partial charge is 0.260 e. The fourth-order valence-electron chi connectivity index (χ4n) is 3.38. The molecule has 1 fully saturated rings. The van der Waals surface area contributed by atoms with Gasteiger partial charge in [0.25, 0.3) is 5.91 Å². The molecule has 26 heavy (non-hydrogen) atoms. The number of aromatic nitrogens is 3. The number of imidazole rings is 1. The summed E-state index contributed by atoms with van der Waals surface area (Å²) < 4.78 is 7.64. The maximum absolute atomic E-state index is 12.5. The number of halogens is 1. The maximum Gasteiger partial charge on any atom is 0.260 e. The zero-order valence-corrected chi connectivity index (χ0v) is 15.2. The Morgan fingerprint density at radius 3 is 2.88 bits per heavy atom. The Kier molecular flexibility index (Phi) is 4.51. The molecule has 1 atom stereocenters. The predicted octanol–water partition coefficient (Wildman–Crippen LogP) is 3.02. The SMILES string of the molecule is Cn1c([C@@H]2CCN(C(=O)COc3ccc(Cl)cc3)C2)nc2ccncc21. The second-order valence-corrected chi connectivity index (χ2v) is 6.90. The van der Waals surface area contributed by atoms with E-state index >= 15 is 0 Å². The van der Waals surface area contributed by atoms with Crippen LogP contribution in [0.3, 0.4) is 0 Å². The Bertz CT molecular complexity index is 938. The standard InChI is InChI=1S/C19H19ClN4O2/c1-23-17-10-21-8-6-16(17)22-19(23)13-7-9-24(11-13)18(25)12-26-15-4-2-14(20)3-5-15/h2-6,8,10,13H,7,9,11-12H2,1H3/t13-/m1/s1. The summed E-state index contributed by atoms with van der Waals surface area (Å²) in [5, 5.41) is 0.642. The summed E-state index contributed by atoms with van der Waals surface area (Å²) in [6.07, 6.45) is 4.47. The van der Waals surface area contributed by atoms with Crippen molar-refractivity contribution in [3.05, 3.63) is 53.6 Å². The van der Waals surface area contributed by atoms with E-state index in [0.717, 1.165) is 29.8 Å². The van der Waals surface area contributed by atoms with Crippen LogP contribution in [0, 0.1) is 0 Å². The van der Waals surface area contributed by atoms with E-state index in [1.54, 1.807) is 30.5 Å². The Labute approximate surface area is 156 Å². The van der Waals surface area contributed by atoms with E-state index in [-0.39, 0.29) is 18.4 Å². The third kappa shape index (κ3) is 3.24. The highest BCUT2D eigenvalue weighted by Gasteiger charge is 2.30. The average molecular weight is 371 g/mol. The molecule has 1 aliphatic heterocycles. The molecule has 0 spiro atoms. The first-order valence-electron chi connectivity index (χ1n) is 8.54. The number of ether oxygens (including phenoxy) is 1.